The number of rotatable bonds is 8. The molecule has 1 aliphatic rings. The quantitative estimate of drug-likeness (QED) is 0.473. The normalized spacial score (nSPS) is 14.7. The van der Waals surface area contributed by atoms with Crippen LogP contribution in [0.4, 0.5) is 0 Å². The van der Waals surface area contributed by atoms with Crippen molar-refractivity contribution in [2.45, 2.75) is 13.8 Å². The summed E-state index contributed by atoms with van der Waals surface area (Å²) < 4.78 is 16.5. The van der Waals surface area contributed by atoms with E-state index < -0.39 is 11.8 Å². The Balaban J connectivity index is 1.76. The third kappa shape index (κ3) is 5.36. The number of nitrogens with zero attached hydrogens (tertiary/aromatic N) is 1. The zero-order valence-electron chi connectivity index (χ0n) is 17.3. The van der Waals surface area contributed by atoms with Crippen LogP contribution < -0.4 is 19.6 Å². The van der Waals surface area contributed by atoms with Crippen LogP contribution >= 0.6 is 24.0 Å². The van der Waals surface area contributed by atoms with Crippen molar-refractivity contribution in [3.63, 3.8) is 0 Å². The second-order valence-electron chi connectivity index (χ2n) is 6.26. The average molecular weight is 459 g/mol. The molecule has 7 nitrogen and oxygen atoms in total. The van der Waals surface area contributed by atoms with Gasteiger partial charge in [0.05, 0.1) is 25.2 Å². The molecule has 0 bridgehead atoms. The predicted octanol–water partition coefficient (Wildman–Crippen LogP) is 4.04. The van der Waals surface area contributed by atoms with Crippen LogP contribution in [0, 0.1) is 0 Å². The van der Waals surface area contributed by atoms with E-state index in [1.54, 1.807) is 49.6 Å². The Labute approximate surface area is 190 Å². The lowest BCUT2D eigenvalue weighted by molar-refractivity contribution is -0.123. The number of carbonyl (C=O) groups excluding carboxylic acids is 2. The minimum Gasteiger partial charge on any atom is -0.497 e. The van der Waals surface area contributed by atoms with Crippen molar-refractivity contribution < 1.29 is 23.8 Å². The molecule has 31 heavy (non-hydrogen) atoms. The molecule has 2 aromatic carbocycles. The zero-order chi connectivity index (χ0) is 22.4. The molecule has 0 saturated carbocycles. The van der Waals surface area contributed by atoms with E-state index >= 15 is 0 Å². The van der Waals surface area contributed by atoms with E-state index in [9.17, 15) is 9.59 Å². The van der Waals surface area contributed by atoms with E-state index in [2.05, 4.69) is 5.43 Å². The number of nitrogens with one attached hydrogen (secondary N) is 1. The van der Waals surface area contributed by atoms with E-state index in [0.29, 0.717) is 40.9 Å². The summed E-state index contributed by atoms with van der Waals surface area (Å²) in [7, 11) is 1.54. The standard InChI is InChI=1S/C22H22N2O5S2/c1-4-28-17-11-6-14(12-18(17)29-5-2)13-19-21(26)24(22(30)31-19)23-20(25)15-7-9-16(27-3)10-8-15/h6-13H,4-5H2,1-3H3,(H,23,25)/b19-13+. The van der Waals surface area contributed by atoms with Crippen LogP contribution in [0.25, 0.3) is 6.08 Å². The molecule has 2 amide bonds. The lowest BCUT2D eigenvalue weighted by Crippen LogP contribution is -2.44. The Bertz CT molecular complexity index is 1020. The maximum Gasteiger partial charge on any atom is 0.285 e. The molecule has 1 saturated heterocycles. The summed E-state index contributed by atoms with van der Waals surface area (Å²) in [5.74, 6) is 1.03. The number of hydrogen-bond donors (Lipinski definition) is 1. The Kier molecular flexibility index (Phi) is 7.54. The fourth-order valence-electron chi connectivity index (χ4n) is 2.78. The van der Waals surface area contributed by atoms with Gasteiger partial charge in [0, 0.05) is 5.56 Å². The van der Waals surface area contributed by atoms with Gasteiger partial charge in [-0.3, -0.25) is 15.0 Å². The first-order valence-electron chi connectivity index (χ1n) is 9.59. The Morgan fingerprint density at radius 1 is 1.10 bits per heavy atom. The molecule has 1 fully saturated rings. The first-order chi connectivity index (χ1) is 15.0. The summed E-state index contributed by atoms with van der Waals surface area (Å²) in [6.07, 6.45) is 1.71. The molecular formula is C22H22N2O5S2. The first-order valence-corrected chi connectivity index (χ1v) is 10.8. The van der Waals surface area contributed by atoms with E-state index in [0.717, 1.165) is 22.3 Å². The van der Waals surface area contributed by atoms with Gasteiger partial charge in [0.2, 0.25) is 0 Å². The highest BCUT2D eigenvalue weighted by molar-refractivity contribution is 8.26. The minimum absolute atomic E-state index is 0.245. The number of benzene rings is 2. The highest BCUT2D eigenvalue weighted by Gasteiger charge is 2.33. The van der Waals surface area contributed by atoms with Gasteiger partial charge in [0.15, 0.2) is 15.8 Å². The summed E-state index contributed by atoms with van der Waals surface area (Å²) in [6, 6.07) is 12.0. The van der Waals surface area contributed by atoms with Gasteiger partial charge < -0.3 is 14.2 Å². The van der Waals surface area contributed by atoms with Gasteiger partial charge in [-0.25, -0.2) is 0 Å². The lowest BCUT2D eigenvalue weighted by Gasteiger charge is -2.15. The zero-order valence-corrected chi connectivity index (χ0v) is 19.0. The molecule has 1 aliphatic heterocycles. The average Bonchev–Trinajstić information content (AvgIpc) is 3.03. The fraction of sp³-hybridized carbons (Fsp3) is 0.227. The molecule has 0 spiro atoms. The fourth-order valence-corrected chi connectivity index (χ4v) is 3.96. The smallest absolute Gasteiger partial charge is 0.285 e. The van der Waals surface area contributed by atoms with Crippen molar-refractivity contribution >= 4 is 46.2 Å². The lowest BCUT2D eigenvalue weighted by atomic mass is 10.2. The second kappa shape index (κ2) is 10.3. The molecule has 0 aliphatic carbocycles. The highest BCUT2D eigenvalue weighted by atomic mass is 32.2. The van der Waals surface area contributed by atoms with Crippen molar-refractivity contribution in [2.75, 3.05) is 20.3 Å². The number of amides is 2. The van der Waals surface area contributed by atoms with Crippen LogP contribution in [0.15, 0.2) is 47.4 Å². The molecule has 1 N–H and O–H groups in total. The largest absolute Gasteiger partial charge is 0.497 e. The number of hydrazine groups is 1. The van der Waals surface area contributed by atoms with Crippen LogP contribution in [0.5, 0.6) is 17.2 Å². The van der Waals surface area contributed by atoms with Crippen LogP contribution in [-0.2, 0) is 4.79 Å². The molecule has 0 atom stereocenters. The van der Waals surface area contributed by atoms with Crippen molar-refractivity contribution in [3.8, 4) is 17.2 Å². The van der Waals surface area contributed by atoms with Crippen molar-refractivity contribution in [1.29, 1.82) is 0 Å². The van der Waals surface area contributed by atoms with E-state index in [1.807, 2.05) is 19.9 Å². The number of thiocarbonyl (C=S) groups is 1. The molecule has 0 aromatic heterocycles. The predicted molar refractivity (Wildman–Crippen MR) is 124 cm³/mol. The van der Waals surface area contributed by atoms with Crippen LogP contribution in [-0.4, -0.2) is 41.5 Å². The maximum absolute atomic E-state index is 12.8. The molecule has 3 rings (SSSR count). The van der Waals surface area contributed by atoms with Gasteiger partial charge in [-0.2, -0.15) is 5.01 Å². The Morgan fingerprint density at radius 2 is 1.77 bits per heavy atom. The SMILES string of the molecule is CCOc1ccc(/C=C2/SC(=S)N(NC(=O)c3ccc(OC)cc3)C2=O)cc1OCC. The van der Waals surface area contributed by atoms with Crippen molar-refractivity contribution in [2.24, 2.45) is 0 Å². The number of methoxy groups -OCH3 is 1. The third-order valence-corrected chi connectivity index (χ3v) is 5.53. The van der Waals surface area contributed by atoms with Crippen LogP contribution in [0.3, 0.4) is 0 Å². The van der Waals surface area contributed by atoms with Gasteiger partial charge in [-0.1, -0.05) is 17.8 Å². The van der Waals surface area contributed by atoms with E-state index in [4.69, 9.17) is 26.4 Å². The van der Waals surface area contributed by atoms with Crippen LogP contribution in [0.2, 0.25) is 0 Å². The Hall–Kier alpha value is -3.04. The Morgan fingerprint density at radius 3 is 2.42 bits per heavy atom. The number of hydrogen-bond acceptors (Lipinski definition) is 7. The first kappa shape index (κ1) is 22.6. The summed E-state index contributed by atoms with van der Waals surface area (Å²) in [4.78, 5) is 25.7. The summed E-state index contributed by atoms with van der Waals surface area (Å²) in [5.41, 5.74) is 3.70. The summed E-state index contributed by atoms with van der Waals surface area (Å²) >= 11 is 6.40. The summed E-state index contributed by atoms with van der Waals surface area (Å²) in [6.45, 7) is 4.79. The molecule has 1 heterocycles. The van der Waals surface area contributed by atoms with Crippen molar-refractivity contribution in [1.82, 2.24) is 10.4 Å². The van der Waals surface area contributed by atoms with Gasteiger partial charge in [0.25, 0.3) is 11.8 Å². The molecule has 2 aromatic rings. The van der Waals surface area contributed by atoms with E-state index in [1.165, 1.54) is 0 Å². The second-order valence-corrected chi connectivity index (χ2v) is 7.93. The number of thioether (sulfide) groups is 1. The third-order valence-electron chi connectivity index (χ3n) is 4.22. The van der Waals surface area contributed by atoms with E-state index in [-0.39, 0.29) is 4.32 Å². The molecule has 0 radical (unpaired) electrons. The summed E-state index contributed by atoms with van der Waals surface area (Å²) in [5, 5.41) is 1.08. The molecule has 0 unspecified atom stereocenters. The van der Waals surface area contributed by atoms with Crippen LogP contribution in [0.1, 0.15) is 29.8 Å². The minimum atomic E-state index is -0.445. The number of carbonyl (C=O) groups is 2. The monoisotopic (exact) mass is 458 g/mol. The van der Waals surface area contributed by atoms with Crippen molar-refractivity contribution in [3.05, 3.63) is 58.5 Å². The highest BCUT2D eigenvalue weighted by Crippen LogP contribution is 2.34. The molecular weight excluding hydrogens is 436 g/mol. The van der Waals surface area contributed by atoms with Gasteiger partial charge in [-0.15, -0.1) is 0 Å². The molecule has 9 heteroatoms. The van der Waals surface area contributed by atoms with Gasteiger partial charge in [0.1, 0.15) is 5.75 Å². The molecule has 162 valence electrons. The number of ether oxygens (including phenoxy) is 3. The van der Waals surface area contributed by atoms with Gasteiger partial charge >= 0.3 is 0 Å². The topological polar surface area (TPSA) is 77.1 Å². The van der Waals surface area contributed by atoms with Gasteiger partial charge in [-0.05, 0) is 74.1 Å². The maximum atomic E-state index is 12.8.